The van der Waals surface area contributed by atoms with E-state index in [0.29, 0.717) is 18.1 Å². The van der Waals surface area contributed by atoms with Crippen LogP contribution in [0.25, 0.3) is 0 Å². The van der Waals surface area contributed by atoms with Crippen LogP contribution in [0.1, 0.15) is 52.0 Å². The highest BCUT2D eigenvalue weighted by Gasteiger charge is 2.26. The summed E-state index contributed by atoms with van der Waals surface area (Å²) in [6.07, 6.45) is 4.79. The Morgan fingerprint density at radius 2 is 2.15 bits per heavy atom. The Morgan fingerprint density at radius 1 is 1.30 bits per heavy atom. The maximum absolute atomic E-state index is 12.6. The Hall–Kier alpha value is -2.86. The lowest BCUT2D eigenvalue weighted by Gasteiger charge is -2.24. The van der Waals surface area contributed by atoms with Crippen molar-refractivity contribution in [3.8, 4) is 0 Å². The zero-order chi connectivity index (χ0) is 18.6. The third-order valence-electron chi connectivity index (χ3n) is 4.92. The molecule has 1 aliphatic carbocycles. The first kappa shape index (κ1) is 17.5. The molecule has 6 nitrogen and oxygen atoms in total. The lowest BCUT2D eigenvalue weighted by molar-refractivity contribution is 0.0896. The number of amides is 1. The fourth-order valence-electron chi connectivity index (χ4n) is 3.61. The Balaban J connectivity index is 1.49. The van der Waals surface area contributed by atoms with Crippen molar-refractivity contribution in [2.45, 2.75) is 38.5 Å². The third kappa shape index (κ3) is 3.80. The van der Waals surface area contributed by atoms with E-state index in [9.17, 15) is 4.79 Å². The molecule has 2 aromatic heterocycles. The van der Waals surface area contributed by atoms with E-state index in [4.69, 9.17) is 9.15 Å². The summed E-state index contributed by atoms with van der Waals surface area (Å²) in [6.45, 7) is 1.10. The molecule has 1 N–H and O–H groups in total. The van der Waals surface area contributed by atoms with Gasteiger partial charge in [0.15, 0.2) is 5.76 Å². The number of ether oxygens (including phenoxy) is 1. The van der Waals surface area contributed by atoms with Crippen molar-refractivity contribution >= 4 is 5.91 Å². The highest BCUT2D eigenvalue weighted by molar-refractivity contribution is 5.91. The van der Waals surface area contributed by atoms with Gasteiger partial charge in [-0.2, -0.15) is 5.10 Å². The van der Waals surface area contributed by atoms with Gasteiger partial charge in [0.25, 0.3) is 5.91 Å². The average Bonchev–Trinajstić information content (AvgIpc) is 3.31. The molecule has 3 aromatic rings. The molecule has 0 bridgehead atoms. The molecule has 4 rings (SSSR count). The van der Waals surface area contributed by atoms with Crippen LogP contribution in [-0.4, -0.2) is 22.8 Å². The van der Waals surface area contributed by atoms with Gasteiger partial charge >= 0.3 is 0 Å². The second-order valence-electron chi connectivity index (χ2n) is 6.81. The minimum absolute atomic E-state index is 0.0400. The molecule has 0 spiro atoms. The number of nitrogens with zero attached hydrogens (tertiary/aromatic N) is 2. The molecular formula is C21H23N3O3. The van der Waals surface area contributed by atoms with Crippen LogP contribution in [0, 0.1) is 0 Å². The predicted molar refractivity (Wildman–Crippen MR) is 100 cm³/mol. The van der Waals surface area contributed by atoms with Crippen LogP contribution in [0.2, 0.25) is 0 Å². The number of hydrogen-bond acceptors (Lipinski definition) is 4. The minimum atomic E-state index is -0.203. The van der Waals surface area contributed by atoms with E-state index in [0.717, 1.165) is 31.4 Å². The molecule has 0 fully saturated rings. The molecule has 0 saturated heterocycles. The van der Waals surface area contributed by atoms with Crippen molar-refractivity contribution in [1.29, 1.82) is 0 Å². The van der Waals surface area contributed by atoms with Crippen molar-refractivity contribution < 1.29 is 13.9 Å². The van der Waals surface area contributed by atoms with Crippen LogP contribution in [0.5, 0.6) is 0 Å². The summed E-state index contributed by atoms with van der Waals surface area (Å²) in [4.78, 5) is 12.6. The highest BCUT2D eigenvalue weighted by Crippen LogP contribution is 2.30. The Labute approximate surface area is 158 Å². The van der Waals surface area contributed by atoms with E-state index in [1.165, 1.54) is 11.3 Å². The largest absolute Gasteiger partial charge is 0.453 e. The predicted octanol–water partition coefficient (Wildman–Crippen LogP) is 3.48. The molecule has 0 saturated carbocycles. The van der Waals surface area contributed by atoms with Gasteiger partial charge < -0.3 is 14.5 Å². The first-order valence-corrected chi connectivity index (χ1v) is 9.21. The number of fused-ring (bicyclic) bond motifs is 1. The van der Waals surface area contributed by atoms with E-state index < -0.39 is 0 Å². The van der Waals surface area contributed by atoms with Crippen LogP contribution in [0.15, 0.2) is 53.1 Å². The Bertz CT molecular complexity index is 914. The summed E-state index contributed by atoms with van der Waals surface area (Å²) >= 11 is 0. The van der Waals surface area contributed by atoms with E-state index in [2.05, 4.69) is 22.5 Å². The monoisotopic (exact) mass is 365 g/mol. The molecule has 2 heterocycles. The lowest BCUT2D eigenvalue weighted by Crippen LogP contribution is -2.30. The number of carbonyl (C=O) groups excluding carboxylic acids is 1. The summed E-state index contributed by atoms with van der Waals surface area (Å²) in [6, 6.07) is 13.7. The summed E-state index contributed by atoms with van der Waals surface area (Å²) in [5, 5.41) is 7.67. The van der Waals surface area contributed by atoms with E-state index in [-0.39, 0.29) is 11.9 Å². The highest BCUT2D eigenvalue weighted by atomic mass is 16.5. The van der Waals surface area contributed by atoms with Gasteiger partial charge in [-0.1, -0.05) is 30.3 Å². The maximum Gasteiger partial charge on any atom is 0.287 e. The molecule has 1 aromatic carbocycles. The van der Waals surface area contributed by atoms with Crippen molar-refractivity contribution in [3.63, 3.8) is 0 Å². The van der Waals surface area contributed by atoms with Gasteiger partial charge in [-0.05, 0) is 37.0 Å². The topological polar surface area (TPSA) is 69.3 Å². The molecular weight excluding hydrogens is 342 g/mol. The van der Waals surface area contributed by atoms with Gasteiger partial charge in [0, 0.05) is 18.4 Å². The van der Waals surface area contributed by atoms with E-state index in [1.807, 2.05) is 29.1 Å². The Morgan fingerprint density at radius 3 is 2.96 bits per heavy atom. The molecule has 140 valence electrons. The second-order valence-corrected chi connectivity index (χ2v) is 6.81. The van der Waals surface area contributed by atoms with Crippen molar-refractivity contribution in [1.82, 2.24) is 15.1 Å². The molecule has 1 amide bonds. The summed E-state index contributed by atoms with van der Waals surface area (Å²) in [5.41, 5.74) is 3.53. The summed E-state index contributed by atoms with van der Waals surface area (Å²) in [7, 11) is 1.60. The summed E-state index contributed by atoms with van der Waals surface area (Å²) < 4.78 is 12.6. The van der Waals surface area contributed by atoms with Crippen LogP contribution in [0.4, 0.5) is 0 Å². The number of rotatable bonds is 6. The van der Waals surface area contributed by atoms with Crippen molar-refractivity contribution in [2.24, 2.45) is 0 Å². The molecule has 0 unspecified atom stereocenters. The lowest BCUT2D eigenvalue weighted by atomic mass is 9.93. The van der Waals surface area contributed by atoms with Gasteiger partial charge in [0.2, 0.25) is 0 Å². The molecule has 1 atom stereocenters. The van der Waals surface area contributed by atoms with Crippen molar-refractivity contribution in [2.75, 3.05) is 7.11 Å². The number of methoxy groups -OCH3 is 1. The zero-order valence-corrected chi connectivity index (χ0v) is 15.4. The number of benzene rings is 1. The number of carbonyl (C=O) groups is 1. The average molecular weight is 365 g/mol. The van der Waals surface area contributed by atoms with Crippen LogP contribution < -0.4 is 5.32 Å². The smallest absolute Gasteiger partial charge is 0.287 e. The number of hydrogen-bond donors (Lipinski definition) is 1. The van der Waals surface area contributed by atoms with Crippen LogP contribution >= 0.6 is 0 Å². The van der Waals surface area contributed by atoms with Crippen LogP contribution in [-0.2, 0) is 24.3 Å². The molecule has 6 heteroatoms. The summed E-state index contributed by atoms with van der Waals surface area (Å²) in [5.74, 6) is 0.750. The van der Waals surface area contributed by atoms with Crippen molar-refractivity contribution in [3.05, 3.63) is 77.0 Å². The zero-order valence-electron chi connectivity index (χ0n) is 15.4. The number of nitrogens with one attached hydrogen (secondary N) is 1. The minimum Gasteiger partial charge on any atom is -0.453 e. The molecule has 0 radical (unpaired) electrons. The fourth-order valence-corrected chi connectivity index (χ4v) is 3.61. The quantitative estimate of drug-likeness (QED) is 0.726. The fraction of sp³-hybridized carbons (Fsp3) is 0.333. The third-order valence-corrected chi connectivity index (χ3v) is 4.92. The second kappa shape index (κ2) is 7.80. The van der Waals surface area contributed by atoms with Crippen LogP contribution in [0.3, 0.4) is 0 Å². The standard InChI is InChI=1S/C21H23N3O3/c1-26-14-16-10-11-20(27-16)21(25)23-18-8-5-9-19-17(18)12-22-24(19)13-15-6-3-2-4-7-15/h2-4,6-7,10-12,18H,5,8-9,13-14H2,1H3,(H,23,25)/t18-/m0/s1. The number of furan rings is 1. The SMILES string of the molecule is COCc1ccc(C(=O)N[C@H]2CCCc3c2cnn3Cc2ccccc2)o1. The van der Waals surface area contributed by atoms with E-state index in [1.54, 1.807) is 19.2 Å². The van der Waals surface area contributed by atoms with E-state index >= 15 is 0 Å². The van der Waals surface area contributed by atoms with Gasteiger partial charge in [-0.25, -0.2) is 0 Å². The first-order chi connectivity index (χ1) is 13.2. The van der Waals surface area contributed by atoms with Gasteiger partial charge in [-0.15, -0.1) is 0 Å². The molecule has 27 heavy (non-hydrogen) atoms. The van der Waals surface area contributed by atoms with Gasteiger partial charge in [0.1, 0.15) is 12.4 Å². The normalized spacial score (nSPS) is 16.1. The Kier molecular flexibility index (Phi) is 5.07. The van der Waals surface area contributed by atoms with Gasteiger partial charge in [-0.3, -0.25) is 9.48 Å². The maximum atomic E-state index is 12.6. The number of aromatic nitrogens is 2. The first-order valence-electron chi connectivity index (χ1n) is 9.21. The molecule has 0 aliphatic heterocycles. The van der Waals surface area contributed by atoms with Gasteiger partial charge in [0.05, 0.1) is 18.8 Å². The molecule has 1 aliphatic rings.